The molecule has 2 aromatic heterocycles. The maximum atomic E-state index is 12.2. The van der Waals surface area contributed by atoms with E-state index < -0.39 is 0 Å². The smallest absolute Gasteiger partial charge is 0.266 e. The van der Waals surface area contributed by atoms with E-state index in [2.05, 4.69) is 19.9 Å². The molecule has 1 atom stereocenters. The highest BCUT2D eigenvalue weighted by Gasteiger charge is 2.22. The highest BCUT2D eigenvalue weighted by Crippen LogP contribution is 2.15. The Bertz CT molecular complexity index is 796. The first-order valence-corrected chi connectivity index (χ1v) is 10.3. The first-order chi connectivity index (χ1) is 13.8. The zero-order valence-electron chi connectivity index (χ0n) is 16.4. The quantitative estimate of drug-likeness (QED) is 0.753. The summed E-state index contributed by atoms with van der Waals surface area (Å²) in [6.07, 6.45) is 7.60. The average molecular weight is 383 g/mol. The third-order valence-electron chi connectivity index (χ3n) is 5.67. The van der Waals surface area contributed by atoms with Gasteiger partial charge in [-0.05, 0) is 37.5 Å². The molecule has 0 N–H and O–H groups in total. The number of ether oxygens (including phenoxy) is 1. The Balaban J connectivity index is 1.28. The van der Waals surface area contributed by atoms with Crippen LogP contribution in [0, 0.1) is 0 Å². The molecule has 28 heavy (non-hydrogen) atoms. The Morgan fingerprint density at radius 3 is 2.50 bits per heavy atom. The van der Waals surface area contributed by atoms with Gasteiger partial charge in [0.15, 0.2) is 0 Å². The van der Waals surface area contributed by atoms with Crippen LogP contribution >= 0.6 is 0 Å². The maximum absolute atomic E-state index is 12.2. The minimum Gasteiger partial charge on any atom is -0.377 e. The van der Waals surface area contributed by atoms with Crippen molar-refractivity contribution in [1.82, 2.24) is 24.6 Å². The number of nitrogens with zero attached hydrogens (tertiary/aromatic N) is 5. The molecule has 7 heteroatoms. The lowest BCUT2D eigenvalue weighted by Gasteiger charge is -2.37. The summed E-state index contributed by atoms with van der Waals surface area (Å²) in [6, 6.07) is 7.20. The zero-order valence-corrected chi connectivity index (χ0v) is 16.4. The van der Waals surface area contributed by atoms with Gasteiger partial charge in [-0.25, -0.2) is 4.68 Å². The Morgan fingerprint density at radius 2 is 1.75 bits per heavy atom. The van der Waals surface area contributed by atoms with Crippen molar-refractivity contribution < 1.29 is 4.74 Å². The van der Waals surface area contributed by atoms with Crippen LogP contribution in [0.5, 0.6) is 0 Å². The van der Waals surface area contributed by atoms with Gasteiger partial charge in [0.05, 0.1) is 18.3 Å². The van der Waals surface area contributed by atoms with Crippen molar-refractivity contribution >= 4 is 0 Å². The monoisotopic (exact) mass is 383 g/mol. The van der Waals surface area contributed by atoms with Crippen molar-refractivity contribution in [1.29, 1.82) is 0 Å². The second-order valence-corrected chi connectivity index (χ2v) is 7.65. The summed E-state index contributed by atoms with van der Waals surface area (Å²) in [5.74, 6) is 0. The Morgan fingerprint density at radius 1 is 0.964 bits per heavy atom. The molecular formula is C21H29N5O2. The van der Waals surface area contributed by atoms with E-state index in [1.165, 1.54) is 19.3 Å². The Hall–Kier alpha value is -2.09. The molecule has 0 radical (unpaired) electrons. The van der Waals surface area contributed by atoms with E-state index in [0.717, 1.165) is 57.1 Å². The first-order valence-electron chi connectivity index (χ1n) is 10.3. The number of aromatic nitrogens is 3. The minimum atomic E-state index is -0.0501. The van der Waals surface area contributed by atoms with Crippen LogP contribution in [0.3, 0.4) is 0 Å². The first kappa shape index (κ1) is 19.2. The molecule has 0 bridgehead atoms. The lowest BCUT2D eigenvalue weighted by Crippen LogP contribution is -2.50. The van der Waals surface area contributed by atoms with E-state index in [1.54, 1.807) is 29.2 Å². The van der Waals surface area contributed by atoms with Crippen LogP contribution < -0.4 is 5.56 Å². The van der Waals surface area contributed by atoms with Gasteiger partial charge in [-0.1, -0.05) is 0 Å². The molecular weight excluding hydrogens is 354 g/mol. The highest BCUT2D eigenvalue weighted by atomic mass is 16.5. The molecule has 2 aliphatic heterocycles. The fraction of sp³-hybridized carbons (Fsp3) is 0.571. The van der Waals surface area contributed by atoms with Crippen molar-refractivity contribution in [3.05, 3.63) is 47.0 Å². The Labute approximate surface area is 165 Å². The fourth-order valence-corrected chi connectivity index (χ4v) is 3.96. The van der Waals surface area contributed by atoms with Crippen LogP contribution in [0.4, 0.5) is 0 Å². The summed E-state index contributed by atoms with van der Waals surface area (Å²) in [7, 11) is 0. The minimum absolute atomic E-state index is 0.0501. The van der Waals surface area contributed by atoms with E-state index in [1.807, 2.05) is 12.1 Å². The molecule has 0 aliphatic carbocycles. The van der Waals surface area contributed by atoms with Crippen LogP contribution in [0.25, 0.3) is 11.3 Å². The molecule has 2 aromatic rings. The van der Waals surface area contributed by atoms with Crippen molar-refractivity contribution in [3.8, 4) is 11.3 Å². The van der Waals surface area contributed by atoms with Crippen LogP contribution in [0.2, 0.25) is 0 Å². The average Bonchev–Trinajstić information content (AvgIpc) is 2.75. The number of hydrogen-bond acceptors (Lipinski definition) is 6. The standard InChI is InChI=1S/C21H29N5O2/c27-21-5-4-20(18-6-8-22-9-7-18)23-26(21)15-14-24-10-12-25(13-11-24)17-19-3-1-2-16-28-19/h4-9,19H,1-3,10-17H2. The predicted octanol–water partition coefficient (Wildman–Crippen LogP) is 1.49. The number of pyridine rings is 1. The molecule has 0 aromatic carbocycles. The summed E-state index contributed by atoms with van der Waals surface area (Å²) < 4.78 is 7.45. The number of rotatable bonds is 6. The lowest BCUT2D eigenvalue weighted by atomic mass is 10.1. The highest BCUT2D eigenvalue weighted by molar-refractivity contribution is 5.56. The molecule has 0 amide bonds. The molecule has 0 spiro atoms. The van der Waals surface area contributed by atoms with Gasteiger partial charge in [0.25, 0.3) is 5.56 Å². The molecule has 4 heterocycles. The topological polar surface area (TPSA) is 63.5 Å². The second-order valence-electron chi connectivity index (χ2n) is 7.65. The van der Waals surface area contributed by atoms with Crippen LogP contribution in [-0.2, 0) is 11.3 Å². The van der Waals surface area contributed by atoms with Crippen molar-refractivity contribution in [2.24, 2.45) is 0 Å². The fourth-order valence-electron chi connectivity index (χ4n) is 3.96. The molecule has 150 valence electrons. The van der Waals surface area contributed by atoms with Crippen LogP contribution in [0.15, 0.2) is 41.5 Å². The van der Waals surface area contributed by atoms with E-state index in [-0.39, 0.29) is 5.56 Å². The van der Waals surface area contributed by atoms with Gasteiger partial charge in [-0.2, -0.15) is 5.10 Å². The molecule has 2 saturated heterocycles. The normalized spacial score (nSPS) is 21.6. The van der Waals surface area contributed by atoms with Gasteiger partial charge in [0.2, 0.25) is 0 Å². The molecule has 4 rings (SSSR count). The lowest BCUT2D eigenvalue weighted by molar-refractivity contribution is -0.0142. The molecule has 7 nitrogen and oxygen atoms in total. The summed E-state index contributed by atoms with van der Waals surface area (Å²) in [6.45, 7) is 7.65. The Kier molecular flexibility index (Phi) is 6.46. The van der Waals surface area contributed by atoms with Gasteiger partial charge in [0.1, 0.15) is 0 Å². The maximum Gasteiger partial charge on any atom is 0.266 e. The number of piperazine rings is 1. The summed E-state index contributed by atoms with van der Waals surface area (Å²) in [5.41, 5.74) is 1.73. The van der Waals surface area contributed by atoms with Crippen molar-refractivity contribution in [2.75, 3.05) is 45.9 Å². The van der Waals surface area contributed by atoms with Gasteiger partial charge in [0, 0.05) is 69.9 Å². The second kappa shape index (κ2) is 9.41. The molecule has 2 fully saturated rings. The van der Waals surface area contributed by atoms with Crippen molar-refractivity contribution in [3.63, 3.8) is 0 Å². The summed E-state index contributed by atoms with van der Waals surface area (Å²) in [5, 5.41) is 4.54. The van der Waals surface area contributed by atoms with E-state index in [0.29, 0.717) is 12.6 Å². The van der Waals surface area contributed by atoms with Gasteiger partial charge < -0.3 is 4.74 Å². The van der Waals surface area contributed by atoms with Crippen LogP contribution in [0.1, 0.15) is 19.3 Å². The van der Waals surface area contributed by atoms with Crippen molar-refractivity contribution in [2.45, 2.75) is 31.9 Å². The molecule has 1 unspecified atom stereocenters. The third kappa shape index (κ3) is 5.04. The number of hydrogen-bond donors (Lipinski definition) is 0. The molecule has 2 aliphatic rings. The molecule has 0 saturated carbocycles. The third-order valence-corrected chi connectivity index (χ3v) is 5.67. The predicted molar refractivity (Wildman–Crippen MR) is 108 cm³/mol. The van der Waals surface area contributed by atoms with Gasteiger partial charge in [-0.15, -0.1) is 0 Å². The zero-order chi connectivity index (χ0) is 19.2. The van der Waals surface area contributed by atoms with E-state index >= 15 is 0 Å². The summed E-state index contributed by atoms with van der Waals surface area (Å²) >= 11 is 0. The van der Waals surface area contributed by atoms with Crippen LogP contribution in [-0.4, -0.2) is 76.5 Å². The van der Waals surface area contributed by atoms with E-state index in [4.69, 9.17) is 4.74 Å². The van der Waals surface area contributed by atoms with Gasteiger partial charge in [-0.3, -0.25) is 19.6 Å². The summed E-state index contributed by atoms with van der Waals surface area (Å²) in [4.78, 5) is 21.2. The largest absolute Gasteiger partial charge is 0.377 e. The van der Waals surface area contributed by atoms with E-state index in [9.17, 15) is 4.79 Å². The van der Waals surface area contributed by atoms with Gasteiger partial charge >= 0.3 is 0 Å². The SMILES string of the molecule is O=c1ccc(-c2ccncc2)nn1CCN1CCN(CC2CCCCO2)CC1.